The Morgan fingerprint density at radius 3 is 2.27 bits per heavy atom. The summed E-state index contributed by atoms with van der Waals surface area (Å²) in [6.45, 7) is 1.34. The van der Waals surface area contributed by atoms with Crippen LogP contribution in [0.2, 0.25) is 0 Å². The molecule has 0 aliphatic rings. The lowest BCUT2D eigenvalue weighted by atomic mass is 10.1. The van der Waals surface area contributed by atoms with Crippen molar-refractivity contribution in [3.8, 4) is 5.75 Å². The van der Waals surface area contributed by atoms with Crippen LogP contribution >= 0.6 is 6.72 Å². The number of hydrogen-bond donors (Lipinski definition) is 0. The van der Waals surface area contributed by atoms with E-state index >= 15 is 0 Å². The smallest absolute Gasteiger partial charge is 0.380 e. The van der Waals surface area contributed by atoms with Gasteiger partial charge < -0.3 is 13.6 Å². The molecule has 0 bridgehead atoms. The molecular formula is C10H15O3PS. The number of aryl methyl sites for hydroxylation is 2. The zero-order valence-electron chi connectivity index (χ0n) is 9.31. The van der Waals surface area contributed by atoms with Crippen LogP contribution in [-0.4, -0.2) is 14.2 Å². The van der Waals surface area contributed by atoms with Crippen molar-refractivity contribution in [2.24, 2.45) is 0 Å². The molecule has 0 radical (unpaired) electrons. The van der Waals surface area contributed by atoms with Gasteiger partial charge in [-0.15, -0.1) is 0 Å². The molecule has 0 aliphatic carbocycles. The Labute approximate surface area is 95.6 Å². The molecule has 0 aromatic heterocycles. The van der Waals surface area contributed by atoms with Gasteiger partial charge in [0, 0.05) is 26.0 Å². The average Bonchev–Trinajstić information content (AvgIpc) is 2.23. The molecule has 1 aromatic carbocycles. The molecule has 1 rings (SSSR count). The third-order valence-electron chi connectivity index (χ3n) is 2.00. The molecule has 15 heavy (non-hydrogen) atoms. The SMILES string of the molecule is COP(=S)(OC)Oc1cc(C)ccc1C. The van der Waals surface area contributed by atoms with Gasteiger partial charge in [0.2, 0.25) is 0 Å². The van der Waals surface area contributed by atoms with E-state index in [9.17, 15) is 0 Å². The topological polar surface area (TPSA) is 27.7 Å². The van der Waals surface area contributed by atoms with E-state index in [1.54, 1.807) is 0 Å². The van der Waals surface area contributed by atoms with Gasteiger partial charge in [0.25, 0.3) is 0 Å². The summed E-state index contributed by atoms with van der Waals surface area (Å²) in [5.41, 5.74) is 2.13. The van der Waals surface area contributed by atoms with Gasteiger partial charge in [-0.1, -0.05) is 12.1 Å². The van der Waals surface area contributed by atoms with Gasteiger partial charge in [0.05, 0.1) is 0 Å². The fourth-order valence-corrected chi connectivity index (χ4v) is 2.05. The predicted molar refractivity (Wildman–Crippen MR) is 64.8 cm³/mol. The average molecular weight is 246 g/mol. The molecule has 0 atom stereocenters. The third kappa shape index (κ3) is 3.28. The quantitative estimate of drug-likeness (QED) is 0.762. The Bertz CT molecular complexity index is 384. The summed E-state index contributed by atoms with van der Waals surface area (Å²) in [7, 11) is 2.99. The maximum absolute atomic E-state index is 5.59. The Balaban J connectivity index is 2.98. The summed E-state index contributed by atoms with van der Waals surface area (Å²) < 4.78 is 15.7. The van der Waals surface area contributed by atoms with Crippen LogP contribution in [0.1, 0.15) is 11.1 Å². The van der Waals surface area contributed by atoms with E-state index in [1.807, 2.05) is 32.0 Å². The summed E-state index contributed by atoms with van der Waals surface area (Å²) in [6.07, 6.45) is 0. The van der Waals surface area contributed by atoms with Gasteiger partial charge in [0.15, 0.2) is 0 Å². The van der Waals surface area contributed by atoms with Crippen LogP contribution in [0.15, 0.2) is 18.2 Å². The number of benzene rings is 1. The second kappa shape index (κ2) is 5.08. The fraction of sp³-hybridized carbons (Fsp3) is 0.400. The highest BCUT2D eigenvalue weighted by atomic mass is 32.5. The summed E-state index contributed by atoms with van der Waals surface area (Å²) in [5, 5.41) is 0. The van der Waals surface area contributed by atoms with E-state index in [0.29, 0.717) is 0 Å². The van der Waals surface area contributed by atoms with Crippen LogP contribution in [0.5, 0.6) is 5.75 Å². The van der Waals surface area contributed by atoms with Gasteiger partial charge in [0.1, 0.15) is 5.75 Å². The highest BCUT2D eigenvalue weighted by Gasteiger charge is 2.19. The molecule has 0 N–H and O–H groups in total. The molecule has 0 heterocycles. The fourth-order valence-electron chi connectivity index (χ4n) is 1.08. The van der Waals surface area contributed by atoms with Crippen molar-refractivity contribution < 1.29 is 13.6 Å². The van der Waals surface area contributed by atoms with E-state index in [1.165, 1.54) is 14.2 Å². The van der Waals surface area contributed by atoms with Crippen LogP contribution in [0, 0.1) is 13.8 Å². The summed E-state index contributed by atoms with van der Waals surface area (Å²) in [4.78, 5) is 0. The van der Waals surface area contributed by atoms with Crippen molar-refractivity contribution in [3.63, 3.8) is 0 Å². The Morgan fingerprint density at radius 1 is 1.13 bits per heavy atom. The van der Waals surface area contributed by atoms with Gasteiger partial charge >= 0.3 is 6.72 Å². The molecule has 0 saturated carbocycles. The largest absolute Gasteiger partial charge is 0.424 e. The van der Waals surface area contributed by atoms with Crippen molar-refractivity contribution in [1.29, 1.82) is 0 Å². The highest BCUT2D eigenvalue weighted by molar-refractivity contribution is 8.07. The minimum atomic E-state index is -2.62. The first-order valence-corrected chi connectivity index (χ1v) is 7.04. The molecule has 1 aromatic rings. The molecule has 0 unspecified atom stereocenters. The minimum Gasteiger partial charge on any atom is -0.424 e. The Hall–Kier alpha value is -0.410. The summed E-state index contributed by atoms with van der Waals surface area (Å²) in [5.74, 6) is 0.724. The molecular weight excluding hydrogens is 231 g/mol. The maximum Gasteiger partial charge on any atom is 0.380 e. The van der Waals surface area contributed by atoms with Crippen LogP contribution in [0.4, 0.5) is 0 Å². The van der Waals surface area contributed by atoms with E-state index in [-0.39, 0.29) is 0 Å². The second-order valence-corrected chi connectivity index (χ2v) is 6.32. The third-order valence-corrected chi connectivity index (χ3v) is 4.43. The summed E-state index contributed by atoms with van der Waals surface area (Å²) in [6, 6.07) is 5.93. The molecule has 0 aliphatic heterocycles. The van der Waals surface area contributed by atoms with Crippen LogP contribution in [0.25, 0.3) is 0 Å². The Morgan fingerprint density at radius 2 is 1.73 bits per heavy atom. The van der Waals surface area contributed by atoms with Gasteiger partial charge in [-0.25, -0.2) is 0 Å². The lowest BCUT2D eigenvalue weighted by molar-refractivity contribution is 0.272. The van der Waals surface area contributed by atoms with E-state index in [2.05, 4.69) is 0 Å². The molecule has 5 heteroatoms. The number of rotatable bonds is 4. The zero-order chi connectivity index (χ0) is 11.5. The minimum absolute atomic E-state index is 0.724. The lowest BCUT2D eigenvalue weighted by Crippen LogP contribution is -1.98. The first-order valence-electron chi connectivity index (χ1n) is 4.49. The normalized spacial score (nSPS) is 11.5. The highest BCUT2D eigenvalue weighted by Crippen LogP contribution is 2.48. The molecule has 0 saturated heterocycles. The van der Waals surface area contributed by atoms with Crippen molar-refractivity contribution in [2.75, 3.05) is 14.2 Å². The Kier molecular flexibility index (Phi) is 4.29. The molecule has 3 nitrogen and oxygen atoms in total. The van der Waals surface area contributed by atoms with E-state index in [4.69, 9.17) is 25.4 Å². The van der Waals surface area contributed by atoms with Crippen molar-refractivity contribution in [3.05, 3.63) is 29.3 Å². The first kappa shape index (κ1) is 12.7. The van der Waals surface area contributed by atoms with E-state index < -0.39 is 6.72 Å². The number of hydrogen-bond acceptors (Lipinski definition) is 4. The second-order valence-electron chi connectivity index (χ2n) is 3.17. The molecule has 0 fully saturated rings. The monoisotopic (exact) mass is 246 g/mol. The van der Waals surface area contributed by atoms with Crippen molar-refractivity contribution in [2.45, 2.75) is 13.8 Å². The van der Waals surface area contributed by atoms with Gasteiger partial charge in [-0.3, -0.25) is 0 Å². The first-order chi connectivity index (χ1) is 7.00. The van der Waals surface area contributed by atoms with Crippen LogP contribution < -0.4 is 4.52 Å². The maximum atomic E-state index is 5.59. The van der Waals surface area contributed by atoms with Crippen LogP contribution in [0.3, 0.4) is 0 Å². The predicted octanol–water partition coefficient (Wildman–Crippen LogP) is 3.20. The zero-order valence-corrected chi connectivity index (χ0v) is 11.0. The van der Waals surface area contributed by atoms with Gasteiger partial charge in [-0.2, -0.15) is 0 Å². The van der Waals surface area contributed by atoms with Crippen molar-refractivity contribution >= 4 is 18.5 Å². The van der Waals surface area contributed by atoms with Crippen LogP contribution in [-0.2, 0) is 20.9 Å². The molecule has 84 valence electrons. The molecule has 0 spiro atoms. The summed E-state index contributed by atoms with van der Waals surface area (Å²) >= 11 is 5.13. The van der Waals surface area contributed by atoms with Crippen molar-refractivity contribution in [1.82, 2.24) is 0 Å². The van der Waals surface area contributed by atoms with Gasteiger partial charge in [-0.05, 0) is 31.0 Å². The standard InChI is InChI=1S/C10H15O3PS/c1-8-5-6-9(2)10(7-8)13-14(15,11-3)12-4/h5-7H,1-4H3. The molecule has 0 amide bonds. The lowest BCUT2D eigenvalue weighted by Gasteiger charge is -2.19. The van der Waals surface area contributed by atoms with E-state index in [0.717, 1.165) is 16.9 Å².